The molecule has 21 heavy (non-hydrogen) atoms. The molecule has 0 aromatic rings. The van der Waals surface area contributed by atoms with Crippen LogP contribution in [0.5, 0.6) is 0 Å². The minimum atomic E-state index is -0.787. The van der Waals surface area contributed by atoms with Gasteiger partial charge in [0.15, 0.2) is 0 Å². The highest BCUT2D eigenvalue weighted by atomic mass is 16.4. The van der Waals surface area contributed by atoms with Gasteiger partial charge in [0.2, 0.25) is 5.91 Å². The molecule has 1 N–H and O–H groups in total. The van der Waals surface area contributed by atoms with Crippen molar-refractivity contribution in [1.82, 2.24) is 4.90 Å². The molecular formula is C17H27NO3. The zero-order chi connectivity index (χ0) is 15.0. The van der Waals surface area contributed by atoms with E-state index in [1.807, 2.05) is 0 Å². The van der Waals surface area contributed by atoms with Crippen LogP contribution in [0, 0.1) is 17.8 Å². The van der Waals surface area contributed by atoms with Gasteiger partial charge < -0.3 is 10.0 Å². The van der Waals surface area contributed by atoms with E-state index in [9.17, 15) is 14.7 Å². The molecule has 0 saturated heterocycles. The van der Waals surface area contributed by atoms with Gasteiger partial charge in [-0.15, -0.1) is 0 Å². The molecule has 3 aliphatic rings. The fourth-order valence-corrected chi connectivity index (χ4v) is 4.12. The van der Waals surface area contributed by atoms with Crippen LogP contribution < -0.4 is 0 Å². The highest BCUT2D eigenvalue weighted by Crippen LogP contribution is 2.42. The van der Waals surface area contributed by atoms with Crippen LogP contribution in [0.3, 0.4) is 0 Å². The first kappa shape index (κ1) is 14.9. The van der Waals surface area contributed by atoms with E-state index < -0.39 is 11.9 Å². The van der Waals surface area contributed by atoms with Crippen molar-refractivity contribution in [3.05, 3.63) is 0 Å². The van der Waals surface area contributed by atoms with E-state index >= 15 is 0 Å². The summed E-state index contributed by atoms with van der Waals surface area (Å²) in [4.78, 5) is 26.1. The molecule has 1 amide bonds. The second-order valence-electron chi connectivity index (χ2n) is 7.19. The van der Waals surface area contributed by atoms with Crippen LogP contribution in [0.1, 0.15) is 64.7 Å². The average molecular weight is 293 g/mol. The van der Waals surface area contributed by atoms with E-state index in [4.69, 9.17) is 0 Å². The van der Waals surface area contributed by atoms with Gasteiger partial charge in [-0.1, -0.05) is 13.3 Å². The quantitative estimate of drug-likeness (QED) is 0.847. The average Bonchev–Trinajstić information content (AvgIpc) is 3.22. The second kappa shape index (κ2) is 5.98. The Hall–Kier alpha value is -1.06. The number of carboxylic acid groups (broad SMARTS) is 1. The summed E-state index contributed by atoms with van der Waals surface area (Å²) >= 11 is 0. The summed E-state index contributed by atoms with van der Waals surface area (Å²) in [6.45, 7) is 2.25. The van der Waals surface area contributed by atoms with Gasteiger partial charge in [-0.05, 0) is 57.3 Å². The van der Waals surface area contributed by atoms with Crippen molar-refractivity contribution < 1.29 is 14.7 Å². The fourth-order valence-electron chi connectivity index (χ4n) is 4.12. The van der Waals surface area contributed by atoms with Gasteiger partial charge in [-0.3, -0.25) is 9.59 Å². The fraction of sp³-hybridized carbons (Fsp3) is 0.882. The van der Waals surface area contributed by atoms with Gasteiger partial charge in [0.05, 0.1) is 11.8 Å². The molecule has 118 valence electrons. The molecule has 0 aromatic heterocycles. The van der Waals surface area contributed by atoms with Gasteiger partial charge in [0, 0.05) is 12.1 Å². The normalized spacial score (nSPS) is 35.9. The molecule has 4 nitrogen and oxygen atoms in total. The minimum absolute atomic E-state index is 0.149. The molecule has 2 atom stereocenters. The topological polar surface area (TPSA) is 57.6 Å². The zero-order valence-corrected chi connectivity index (χ0v) is 13.0. The summed E-state index contributed by atoms with van der Waals surface area (Å²) in [5.41, 5.74) is 0. The van der Waals surface area contributed by atoms with E-state index in [2.05, 4.69) is 11.8 Å². The molecule has 4 heteroatoms. The number of hydrogen-bond acceptors (Lipinski definition) is 2. The lowest BCUT2D eigenvalue weighted by molar-refractivity contribution is -0.158. The van der Waals surface area contributed by atoms with Crippen LogP contribution in [0.25, 0.3) is 0 Å². The Morgan fingerprint density at radius 3 is 1.81 bits per heavy atom. The first-order valence-corrected chi connectivity index (χ1v) is 8.66. The van der Waals surface area contributed by atoms with Crippen molar-refractivity contribution in [2.75, 3.05) is 0 Å². The van der Waals surface area contributed by atoms with Crippen molar-refractivity contribution in [3.63, 3.8) is 0 Å². The molecule has 3 aliphatic carbocycles. The lowest BCUT2D eigenvalue weighted by Gasteiger charge is -2.42. The number of carbonyl (C=O) groups is 2. The first-order chi connectivity index (χ1) is 10.1. The third kappa shape index (κ3) is 2.95. The zero-order valence-electron chi connectivity index (χ0n) is 13.0. The molecule has 2 unspecified atom stereocenters. The number of carbonyl (C=O) groups excluding carboxylic acids is 1. The molecule has 0 radical (unpaired) electrons. The third-order valence-corrected chi connectivity index (χ3v) is 5.89. The molecule has 0 bridgehead atoms. The standard InChI is InChI=1S/C17H27NO3/c1-2-11-3-5-12(6-4-11)18(13-7-8-13)16(19)14-9-10-15(14)17(20)21/h11-15H,2-10H2,1H3,(H,20,21). The van der Waals surface area contributed by atoms with Crippen molar-refractivity contribution in [1.29, 1.82) is 0 Å². The third-order valence-electron chi connectivity index (χ3n) is 5.89. The molecule has 3 fully saturated rings. The van der Waals surface area contributed by atoms with Gasteiger partial charge in [0.1, 0.15) is 0 Å². The Morgan fingerprint density at radius 1 is 0.905 bits per heavy atom. The molecule has 3 rings (SSSR count). The van der Waals surface area contributed by atoms with Crippen LogP contribution in [0.4, 0.5) is 0 Å². The second-order valence-corrected chi connectivity index (χ2v) is 7.19. The SMILES string of the molecule is CCC1CCC(N(C(=O)C2CCC2C(=O)O)C2CC2)CC1. The summed E-state index contributed by atoms with van der Waals surface area (Å²) in [7, 11) is 0. The summed E-state index contributed by atoms with van der Waals surface area (Å²) < 4.78 is 0. The maximum Gasteiger partial charge on any atom is 0.307 e. The van der Waals surface area contributed by atoms with Gasteiger partial charge >= 0.3 is 5.97 Å². The van der Waals surface area contributed by atoms with Crippen molar-refractivity contribution in [2.45, 2.75) is 76.8 Å². The molecule has 0 spiro atoms. The van der Waals surface area contributed by atoms with Crippen LogP contribution in [-0.2, 0) is 9.59 Å². The minimum Gasteiger partial charge on any atom is -0.481 e. The van der Waals surface area contributed by atoms with Crippen molar-refractivity contribution >= 4 is 11.9 Å². The highest BCUT2D eigenvalue weighted by molar-refractivity contribution is 5.87. The van der Waals surface area contributed by atoms with Crippen LogP contribution in [-0.4, -0.2) is 34.0 Å². The number of amides is 1. The van der Waals surface area contributed by atoms with Gasteiger partial charge in [-0.2, -0.15) is 0 Å². The summed E-state index contributed by atoms with van der Waals surface area (Å²) in [6, 6.07) is 0.790. The number of carboxylic acids is 1. The maximum absolute atomic E-state index is 12.8. The number of rotatable bonds is 5. The molecule has 3 saturated carbocycles. The summed E-state index contributed by atoms with van der Waals surface area (Å²) in [5.74, 6) is -0.480. The molecular weight excluding hydrogens is 266 g/mol. The van der Waals surface area contributed by atoms with E-state index in [1.54, 1.807) is 0 Å². The summed E-state index contributed by atoms with van der Waals surface area (Å²) in [6.07, 6.45) is 9.60. The number of hydrogen-bond donors (Lipinski definition) is 1. The van der Waals surface area contributed by atoms with E-state index in [0.29, 0.717) is 18.5 Å². The van der Waals surface area contributed by atoms with Crippen molar-refractivity contribution in [2.24, 2.45) is 17.8 Å². The van der Waals surface area contributed by atoms with Crippen molar-refractivity contribution in [3.8, 4) is 0 Å². The predicted molar refractivity (Wildman–Crippen MR) is 79.8 cm³/mol. The highest BCUT2D eigenvalue weighted by Gasteiger charge is 2.47. The first-order valence-electron chi connectivity index (χ1n) is 8.66. The van der Waals surface area contributed by atoms with E-state index in [1.165, 1.54) is 19.3 Å². The van der Waals surface area contributed by atoms with Crippen LogP contribution >= 0.6 is 0 Å². The van der Waals surface area contributed by atoms with Gasteiger partial charge in [-0.25, -0.2) is 0 Å². The predicted octanol–water partition coefficient (Wildman–Crippen LogP) is 3.06. The smallest absolute Gasteiger partial charge is 0.307 e. The lowest BCUT2D eigenvalue weighted by Crippen LogP contribution is -2.51. The van der Waals surface area contributed by atoms with Crippen LogP contribution in [0.15, 0.2) is 0 Å². The number of aliphatic carboxylic acids is 1. The molecule has 0 aliphatic heterocycles. The van der Waals surface area contributed by atoms with E-state index in [0.717, 1.165) is 38.0 Å². The molecule has 0 aromatic carbocycles. The maximum atomic E-state index is 12.8. The Balaban J connectivity index is 1.65. The summed E-state index contributed by atoms with van der Waals surface area (Å²) in [5, 5.41) is 9.19. The monoisotopic (exact) mass is 293 g/mol. The Kier molecular flexibility index (Phi) is 4.23. The molecule has 0 heterocycles. The number of nitrogens with zero attached hydrogens (tertiary/aromatic N) is 1. The Labute approximate surface area is 126 Å². The lowest BCUT2D eigenvalue weighted by atomic mass is 9.72. The van der Waals surface area contributed by atoms with E-state index in [-0.39, 0.29) is 11.8 Å². The van der Waals surface area contributed by atoms with Crippen LogP contribution in [0.2, 0.25) is 0 Å². The Bertz CT molecular complexity index is 410. The van der Waals surface area contributed by atoms with Gasteiger partial charge in [0.25, 0.3) is 0 Å². The Morgan fingerprint density at radius 2 is 1.43 bits per heavy atom. The largest absolute Gasteiger partial charge is 0.481 e.